The summed E-state index contributed by atoms with van der Waals surface area (Å²) in [5.74, 6) is 0.687. The standard InChI is InChI=1S/C30H41N3O2/c1-5-6-9-15-33-27-11-8-7-10-25(27)26-17-23(12-13-28(26)33)29(35)31-19-22-14-16-32(20-22)21-24(34)18-30(2,3)4/h7-8,10-13,17,22H,5-6,9,14-16,18-21H2,1-4H3,(H,31,35). The zero-order valence-electron chi connectivity index (χ0n) is 21.9. The van der Waals surface area contributed by atoms with Crippen molar-refractivity contribution >= 4 is 33.5 Å². The molecule has 2 heterocycles. The predicted molar refractivity (Wildman–Crippen MR) is 145 cm³/mol. The Morgan fingerprint density at radius 3 is 2.57 bits per heavy atom. The molecule has 2 aromatic carbocycles. The number of aryl methyl sites for hydroxylation is 1. The Kier molecular flexibility index (Phi) is 7.95. The summed E-state index contributed by atoms with van der Waals surface area (Å²) in [6, 6.07) is 14.6. The van der Waals surface area contributed by atoms with Crippen LogP contribution in [0.15, 0.2) is 42.5 Å². The number of hydrogen-bond donors (Lipinski definition) is 1. The van der Waals surface area contributed by atoms with E-state index in [1.165, 1.54) is 29.3 Å². The number of fused-ring (bicyclic) bond motifs is 3. The van der Waals surface area contributed by atoms with Crippen LogP contribution in [0.25, 0.3) is 21.8 Å². The molecule has 5 heteroatoms. The lowest BCUT2D eigenvalue weighted by Crippen LogP contribution is -2.33. The van der Waals surface area contributed by atoms with Gasteiger partial charge in [0.25, 0.3) is 5.91 Å². The molecule has 1 fully saturated rings. The van der Waals surface area contributed by atoms with Gasteiger partial charge in [0.15, 0.2) is 0 Å². The summed E-state index contributed by atoms with van der Waals surface area (Å²) in [5.41, 5.74) is 3.19. The van der Waals surface area contributed by atoms with Gasteiger partial charge in [0.05, 0.1) is 6.54 Å². The number of unbranched alkanes of at least 4 members (excludes halogenated alkanes) is 2. The monoisotopic (exact) mass is 475 g/mol. The summed E-state index contributed by atoms with van der Waals surface area (Å²) in [6.07, 6.45) is 5.22. The Bertz CT molecular complexity index is 1190. The summed E-state index contributed by atoms with van der Waals surface area (Å²) in [5, 5.41) is 5.51. The van der Waals surface area contributed by atoms with Gasteiger partial charge in [-0.1, -0.05) is 58.7 Å². The highest BCUT2D eigenvalue weighted by molar-refractivity contribution is 6.10. The Morgan fingerprint density at radius 1 is 1.03 bits per heavy atom. The van der Waals surface area contributed by atoms with Crippen LogP contribution in [0.3, 0.4) is 0 Å². The number of rotatable bonds is 10. The van der Waals surface area contributed by atoms with Crippen LogP contribution in [-0.2, 0) is 11.3 Å². The van der Waals surface area contributed by atoms with E-state index < -0.39 is 0 Å². The fourth-order valence-corrected chi connectivity index (χ4v) is 5.41. The molecule has 35 heavy (non-hydrogen) atoms. The highest BCUT2D eigenvalue weighted by Gasteiger charge is 2.26. The molecular weight excluding hydrogens is 434 g/mol. The van der Waals surface area contributed by atoms with Crippen LogP contribution in [0.1, 0.15) is 70.2 Å². The van der Waals surface area contributed by atoms with Crippen LogP contribution in [0.5, 0.6) is 0 Å². The molecule has 0 radical (unpaired) electrons. The third-order valence-electron chi connectivity index (χ3n) is 7.07. The van der Waals surface area contributed by atoms with Gasteiger partial charge in [0, 0.05) is 53.4 Å². The maximum atomic E-state index is 13.0. The summed E-state index contributed by atoms with van der Waals surface area (Å²) in [7, 11) is 0. The molecular formula is C30H41N3O2. The molecule has 1 unspecified atom stereocenters. The van der Waals surface area contributed by atoms with Crippen LogP contribution >= 0.6 is 0 Å². The van der Waals surface area contributed by atoms with Gasteiger partial charge in [0.1, 0.15) is 5.78 Å². The average molecular weight is 476 g/mol. The van der Waals surface area contributed by atoms with Crippen molar-refractivity contribution in [1.29, 1.82) is 0 Å². The first-order chi connectivity index (χ1) is 16.7. The largest absolute Gasteiger partial charge is 0.352 e. The number of aromatic nitrogens is 1. The summed E-state index contributed by atoms with van der Waals surface area (Å²) < 4.78 is 2.40. The lowest BCUT2D eigenvalue weighted by Gasteiger charge is -2.20. The van der Waals surface area contributed by atoms with Gasteiger partial charge in [-0.3, -0.25) is 14.5 Å². The Hall–Kier alpha value is -2.66. The van der Waals surface area contributed by atoms with Gasteiger partial charge in [-0.2, -0.15) is 0 Å². The summed E-state index contributed by atoms with van der Waals surface area (Å²) in [4.78, 5) is 27.6. The number of carbonyl (C=O) groups excluding carboxylic acids is 2. The fourth-order valence-electron chi connectivity index (χ4n) is 5.41. The lowest BCUT2D eigenvalue weighted by atomic mass is 9.90. The number of nitrogens with one attached hydrogen (secondary N) is 1. The van der Waals surface area contributed by atoms with E-state index in [2.05, 4.69) is 78.9 Å². The van der Waals surface area contributed by atoms with Gasteiger partial charge in [0.2, 0.25) is 0 Å². The van der Waals surface area contributed by atoms with E-state index in [0.717, 1.165) is 37.9 Å². The first-order valence-corrected chi connectivity index (χ1v) is 13.3. The molecule has 1 aliphatic rings. The van der Waals surface area contributed by atoms with Crippen LogP contribution in [0, 0.1) is 11.3 Å². The number of amides is 1. The second-order valence-corrected chi connectivity index (χ2v) is 11.5. The maximum Gasteiger partial charge on any atom is 0.251 e. The predicted octanol–water partition coefficient (Wildman–Crippen LogP) is 6.04. The van der Waals surface area contributed by atoms with Crippen molar-refractivity contribution in [1.82, 2.24) is 14.8 Å². The van der Waals surface area contributed by atoms with Crippen LogP contribution < -0.4 is 5.32 Å². The quantitative estimate of drug-likeness (QED) is 0.364. The van der Waals surface area contributed by atoms with Gasteiger partial charge < -0.3 is 9.88 Å². The Balaban J connectivity index is 1.39. The zero-order chi connectivity index (χ0) is 25.0. The third-order valence-corrected chi connectivity index (χ3v) is 7.07. The molecule has 0 aliphatic carbocycles. The number of Topliss-reactive ketones (excluding diaryl/α,β-unsaturated/α-hetero) is 1. The minimum absolute atomic E-state index is 0.0167. The third kappa shape index (κ3) is 6.32. The topological polar surface area (TPSA) is 54.3 Å². The number of benzene rings is 2. The molecule has 3 aromatic rings. The van der Waals surface area contributed by atoms with Crippen molar-refractivity contribution in [3.8, 4) is 0 Å². The van der Waals surface area contributed by atoms with E-state index in [0.29, 0.717) is 36.8 Å². The number of ketones is 1. The molecule has 4 rings (SSSR count). The molecule has 188 valence electrons. The Labute approximate surface area is 209 Å². The second-order valence-electron chi connectivity index (χ2n) is 11.5. The molecule has 1 N–H and O–H groups in total. The van der Waals surface area contributed by atoms with E-state index in [4.69, 9.17) is 0 Å². The number of nitrogens with zero attached hydrogens (tertiary/aromatic N) is 2. The van der Waals surface area contributed by atoms with Crippen LogP contribution in [-0.4, -0.2) is 47.3 Å². The average Bonchev–Trinajstić information content (AvgIpc) is 3.38. The highest BCUT2D eigenvalue weighted by Crippen LogP contribution is 2.30. The van der Waals surface area contributed by atoms with Crippen LogP contribution in [0.4, 0.5) is 0 Å². The molecule has 1 saturated heterocycles. The minimum atomic E-state index is -0.0167. The van der Waals surface area contributed by atoms with E-state index in [9.17, 15) is 9.59 Å². The van der Waals surface area contributed by atoms with E-state index in [-0.39, 0.29) is 11.3 Å². The smallest absolute Gasteiger partial charge is 0.251 e. The van der Waals surface area contributed by atoms with Crippen molar-refractivity contribution in [3.63, 3.8) is 0 Å². The number of carbonyl (C=O) groups is 2. The van der Waals surface area contributed by atoms with Crippen molar-refractivity contribution in [2.45, 2.75) is 66.3 Å². The maximum absolute atomic E-state index is 13.0. The van der Waals surface area contributed by atoms with E-state index in [1.807, 2.05) is 6.07 Å². The molecule has 1 amide bonds. The van der Waals surface area contributed by atoms with Crippen LogP contribution in [0.2, 0.25) is 0 Å². The number of likely N-dealkylation sites (tertiary alicyclic amines) is 1. The van der Waals surface area contributed by atoms with E-state index >= 15 is 0 Å². The summed E-state index contributed by atoms with van der Waals surface area (Å²) in [6.45, 7) is 12.5. The SMILES string of the molecule is CCCCCn1c2ccccc2c2cc(C(=O)NCC3CCN(CC(=O)CC(C)(C)C)C3)ccc21. The number of hydrogen-bond acceptors (Lipinski definition) is 3. The minimum Gasteiger partial charge on any atom is -0.352 e. The van der Waals surface area contributed by atoms with Crippen molar-refractivity contribution < 1.29 is 9.59 Å². The fraction of sp³-hybridized carbons (Fsp3) is 0.533. The first-order valence-electron chi connectivity index (χ1n) is 13.3. The van der Waals surface area contributed by atoms with Gasteiger partial charge >= 0.3 is 0 Å². The van der Waals surface area contributed by atoms with Crippen molar-refractivity contribution in [3.05, 3.63) is 48.0 Å². The second kappa shape index (κ2) is 10.9. The Morgan fingerprint density at radius 2 is 1.80 bits per heavy atom. The molecule has 0 spiro atoms. The van der Waals surface area contributed by atoms with Crippen molar-refractivity contribution in [2.75, 3.05) is 26.2 Å². The molecule has 1 aromatic heterocycles. The molecule has 0 saturated carbocycles. The first kappa shape index (κ1) is 25.4. The van der Waals surface area contributed by atoms with Crippen molar-refractivity contribution in [2.24, 2.45) is 11.3 Å². The number of para-hydroxylation sites is 1. The zero-order valence-corrected chi connectivity index (χ0v) is 21.9. The molecule has 1 atom stereocenters. The lowest BCUT2D eigenvalue weighted by molar-refractivity contribution is -0.121. The van der Waals surface area contributed by atoms with Gasteiger partial charge in [-0.25, -0.2) is 0 Å². The highest BCUT2D eigenvalue weighted by atomic mass is 16.1. The molecule has 1 aliphatic heterocycles. The molecule has 5 nitrogen and oxygen atoms in total. The van der Waals surface area contributed by atoms with Gasteiger partial charge in [-0.15, -0.1) is 0 Å². The normalized spacial score (nSPS) is 16.9. The van der Waals surface area contributed by atoms with E-state index in [1.54, 1.807) is 0 Å². The summed E-state index contributed by atoms with van der Waals surface area (Å²) >= 11 is 0. The van der Waals surface area contributed by atoms with Gasteiger partial charge in [-0.05, 0) is 55.0 Å². The molecule has 0 bridgehead atoms.